The molecule has 0 saturated heterocycles. The fourth-order valence-electron chi connectivity index (χ4n) is 4.34. The number of aliphatic hydroxyl groups excluding tert-OH is 1. The van der Waals surface area contributed by atoms with Crippen LogP contribution in [0.15, 0.2) is 42.5 Å². The molecule has 222 valence electrons. The number of benzene rings is 2. The van der Waals surface area contributed by atoms with Gasteiger partial charge in [-0.15, -0.1) is 0 Å². The van der Waals surface area contributed by atoms with Gasteiger partial charge >= 0.3 is 0 Å². The highest BCUT2D eigenvalue weighted by Crippen LogP contribution is 2.28. The van der Waals surface area contributed by atoms with Crippen LogP contribution in [0.3, 0.4) is 0 Å². The number of carbonyl (C=O) groups excluding carboxylic acids is 4. The number of carbonyl (C=O) groups is 4. The minimum atomic E-state index is -1.25. The fraction of sp³-hybridized carbons (Fsp3) is 0.448. The molecule has 1 heterocycles. The summed E-state index contributed by atoms with van der Waals surface area (Å²) in [6.07, 6.45) is -0.428. The van der Waals surface area contributed by atoms with Crippen molar-refractivity contribution in [2.45, 2.75) is 44.4 Å². The summed E-state index contributed by atoms with van der Waals surface area (Å²) in [5, 5.41) is 18.1. The zero-order chi connectivity index (χ0) is 29.9. The smallest absolute Gasteiger partial charge is 0.255 e. The van der Waals surface area contributed by atoms with Crippen LogP contribution in [-0.2, 0) is 20.8 Å². The molecule has 12 heteroatoms. The quantitative estimate of drug-likeness (QED) is 0.338. The summed E-state index contributed by atoms with van der Waals surface area (Å²) in [4.78, 5) is 53.5. The summed E-state index contributed by atoms with van der Waals surface area (Å²) < 4.78 is 16.4. The Balaban J connectivity index is 1.74. The summed E-state index contributed by atoms with van der Waals surface area (Å²) >= 11 is 0. The highest BCUT2D eigenvalue weighted by molar-refractivity contribution is 6.01. The van der Waals surface area contributed by atoms with Crippen molar-refractivity contribution in [3.8, 4) is 17.2 Å². The number of hydrogen-bond acceptors (Lipinski definition) is 8. The van der Waals surface area contributed by atoms with Gasteiger partial charge in [-0.1, -0.05) is 18.2 Å². The maximum absolute atomic E-state index is 13.2. The lowest BCUT2D eigenvalue weighted by Gasteiger charge is -2.28. The van der Waals surface area contributed by atoms with Crippen LogP contribution < -0.4 is 30.2 Å². The van der Waals surface area contributed by atoms with Crippen LogP contribution in [0.2, 0.25) is 0 Å². The normalized spacial score (nSPS) is 19.0. The van der Waals surface area contributed by atoms with Gasteiger partial charge in [-0.05, 0) is 49.6 Å². The lowest BCUT2D eigenvalue weighted by atomic mass is 10.1. The SMILES string of the molecule is COc1ccc(CCCNC(=O)[C@@H]2CC(=O)N[C@@H]([C@@H](C)O)C(=O)N(C)CCOc3ccccc3C(=O)N2)cc1OC. The lowest BCUT2D eigenvalue weighted by Crippen LogP contribution is -2.55. The van der Waals surface area contributed by atoms with Crippen LogP contribution in [0.4, 0.5) is 0 Å². The predicted molar refractivity (Wildman–Crippen MR) is 150 cm³/mol. The number of nitrogens with one attached hydrogen (secondary N) is 3. The molecule has 0 unspecified atom stereocenters. The largest absolute Gasteiger partial charge is 0.493 e. The van der Waals surface area contributed by atoms with Crippen molar-refractivity contribution in [3.63, 3.8) is 0 Å². The van der Waals surface area contributed by atoms with Gasteiger partial charge in [-0.3, -0.25) is 19.2 Å². The Morgan fingerprint density at radius 3 is 2.56 bits per heavy atom. The van der Waals surface area contributed by atoms with E-state index >= 15 is 0 Å². The van der Waals surface area contributed by atoms with E-state index in [1.807, 2.05) is 12.1 Å². The second-order valence-electron chi connectivity index (χ2n) is 9.70. The Morgan fingerprint density at radius 2 is 1.85 bits per heavy atom. The second kappa shape index (κ2) is 14.9. The van der Waals surface area contributed by atoms with Crippen molar-refractivity contribution >= 4 is 23.6 Å². The Kier molecular flexibility index (Phi) is 11.3. The van der Waals surface area contributed by atoms with Gasteiger partial charge in [0.05, 0.1) is 38.9 Å². The molecule has 4 amide bonds. The molecular weight excluding hydrogens is 532 g/mol. The Hall–Kier alpha value is -4.32. The number of amides is 4. The number of aryl methyl sites for hydroxylation is 1. The van der Waals surface area contributed by atoms with Crippen LogP contribution >= 0.6 is 0 Å². The topological polar surface area (TPSA) is 156 Å². The maximum Gasteiger partial charge on any atom is 0.255 e. The fourth-order valence-corrected chi connectivity index (χ4v) is 4.34. The van der Waals surface area contributed by atoms with E-state index in [-0.39, 0.29) is 31.0 Å². The number of fused-ring (bicyclic) bond motifs is 1. The predicted octanol–water partition coefficient (Wildman–Crippen LogP) is 0.658. The molecule has 4 N–H and O–H groups in total. The molecule has 0 fully saturated rings. The van der Waals surface area contributed by atoms with Crippen LogP contribution in [0, 0.1) is 0 Å². The number of nitrogens with zero attached hydrogens (tertiary/aromatic N) is 1. The molecule has 0 saturated carbocycles. The highest BCUT2D eigenvalue weighted by Gasteiger charge is 2.31. The average Bonchev–Trinajstić information content (AvgIpc) is 2.96. The maximum atomic E-state index is 13.2. The first-order valence-corrected chi connectivity index (χ1v) is 13.4. The first kappa shape index (κ1) is 31.2. The van der Waals surface area contributed by atoms with Gasteiger partial charge in [0.15, 0.2) is 11.5 Å². The van der Waals surface area contributed by atoms with E-state index in [1.165, 1.54) is 18.9 Å². The van der Waals surface area contributed by atoms with E-state index in [4.69, 9.17) is 14.2 Å². The monoisotopic (exact) mass is 570 g/mol. The molecule has 12 nitrogen and oxygen atoms in total. The molecule has 2 aromatic carbocycles. The lowest BCUT2D eigenvalue weighted by molar-refractivity contribution is -0.139. The summed E-state index contributed by atoms with van der Waals surface area (Å²) in [5.74, 6) is -0.853. The van der Waals surface area contributed by atoms with Gasteiger partial charge in [-0.25, -0.2) is 0 Å². The molecule has 0 aliphatic carbocycles. The van der Waals surface area contributed by atoms with E-state index < -0.39 is 48.2 Å². The van der Waals surface area contributed by atoms with E-state index in [2.05, 4.69) is 16.0 Å². The second-order valence-corrected chi connectivity index (χ2v) is 9.70. The van der Waals surface area contributed by atoms with Crippen LogP contribution in [0.25, 0.3) is 0 Å². The Labute approximate surface area is 239 Å². The first-order chi connectivity index (χ1) is 19.6. The third-order valence-electron chi connectivity index (χ3n) is 6.66. The van der Waals surface area contributed by atoms with Crippen molar-refractivity contribution in [2.75, 3.05) is 41.0 Å². The molecular formula is C29H38N4O8. The van der Waals surface area contributed by atoms with Crippen molar-refractivity contribution in [1.29, 1.82) is 0 Å². The van der Waals surface area contributed by atoms with Gasteiger partial charge < -0.3 is 40.2 Å². The average molecular weight is 571 g/mol. The van der Waals surface area contributed by atoms with Gasteiger partial charge in [0.1, 0.15) is 24.4 Å². The zero-order valence-electron chi connectivity index (χ0n) is 23.8. The van der Waals surface area contributed by atoms with Crippen molar-refractivity contribution in [3.05, 3.63) is 53.6 Å². The summed E-state index contributed by atoms with van der Waals surface area (Å²) in [7, 11) is 4.64. The van der Waals surface area contributed by atoms with Crippen LogP contribution in [0.1, 0.15) is 35.7 Å². The van der Waals surface area contributed by atoms with Crippen molar-refractivity contribution in [2.24, 2.45) is 0 Å². The molecule has 0 aromatic heterocycles. The summed E-state index contributed by atoms with van der Waals surface area (Å²) in [6, 6.07) is 9.60. The number of likely N-dealkylation sites (N-methyl/N-ethyl adjacent to an activating group) is 1. The van der Waals surface area contributed by atoms with E-state index in [9.17, 15) is 24.3 Å². The summed E-state index contributed by atoms with van der Waals surface area (Å²) in [6.45, 7) is 1.89. The number of para-hydroxylation sites is 1. The highest BCUT2D eigenvalue weighted by atomic mass is 16.5. The molecule has 41 heavy (non-hydrogen) atoms. The van der Waals surface area contributed by atoms with Gasteiger partial charge in [0, 0.05) is 13.6 Å². The number of hydrogen-bond donors (Lipinski definition) is 4. The first-order valence-electron chi connectivity index (χ1n) is 13.4. The van der Waals surface area contributed by atoms with Crippen molar-refractivity contribution in [1.82, 2.24) is 20.9 Å². The number of methoxy groups -OCH3 is 2. The third kappa shape index (κ3) is 8.58. The molecule has 0 spiro atoms. The van der Waals surface area contributed by atoms with Crippen molar-refractivity contribution < 1.29 is 38.5 Å². The molecule has 2 aromatic rings. The van der Waals surface area contributed by atoms with E-state index in [0.717, 1.165) is 5.56 Å². The van der Waals surface area contributed by atoms with Crippen LogP contribution in [-0.4, -0.2) is 92.8 Å². The van der Waals surface area contributed by atoms with Gasteiger partial charge in [0.2, 0.25) is 17.7 Å². The van der Waals surface area contributed by atoms with E-state index in [1.54, 1.807) is 44.6 Å². The van der Waals surface area contributed by atoms with E-state index in [0.29, 0.717) is 24.3 Å². The minimum Gasteiger partial charge on any atom is -0.493 e. The van der Waals surface area contributed by atoms with Gasteiger partial charge in [-0.2, -0.15) is 0 Å². The standard InChI is InChI=1S/C29H38N4O8/c1-18(34)26-29(38)33(2)14-15-41-22-10-6-5-9-20(22)27(36)31-21(17-25(35)32-26)28(37)30-13-7-8-19-11-12-23(39-3)24(16-19)40-4/h5-6,9-12,16,18,21,26,34H,7-8,13-15,17H2,1-4H3,(H,30,37)(H,31,36)(H,32,35)/t18-,21+,26+/m1/s1. The molecule has 0 radical (unpaired) electrons. The molecule has 3 atom stereocenters. The number of aliphatic hydroxyl groups is 1. The Morgan fingerprint density at radius 1 is 1.12 bits per heavy atom. The number of ether oxygens (including phenoxy) is 3. The molecule has 1 aliphatic heterocycles. The molecule has 0 bridgehead atoms. The minimum absolute atomic E-state index is 0.0665. The summed E-state index contributed by atoms with van der Waals surface area (Å²) in [5.41, 5.74) is 1.17. The molecule has 1 aliphatic rings. The zero-order valence-corrected chi connectivity index (χ0v) is 23.8. The number of rotatable bonds is 8. The van der Waals surface area contributed by atoms with Crippen LogP contribution in [0.5, 0.6) is 17.2 Å². The van der Waals surface area contributed by atoms with Gasteiger partial charge in [0.25, 0.3) is 5.91 Å². The molecule has 3 rings (SSSR count). The third-order valence-corrected chi connectivity index (χ3v) is 6.66. The Bertz CT molecular complexity index is 1240.